The fourth-order valence-corrected chi connectivity index (χ4v) is 2.76. The van der Waals surface area contributed by atoms with Crippen LogP contribution in [0, 0.1) is 6.92 Å². The van der Waals surface area contributed by atoms with Crippen molar-refractivity contribution >= 4 is 39.4 Å². The standard InChI is InChI=1S/C14H11BrN4O3S/c1-8-6-11(19-22-8)16-12(20)7-23-14-18-17-13(21-14)9-4-2-3-5-10(9)15/h2-6H,7H2,1H3,(H,16,19,20). The van der Waals surface area contributed by atoms with Crippen LogP contribution in [-0.4, -0.2) is 27.0 Å². The molecule has 0 aliphatic carbocycles. The maximum Gasteiger partial charge on any atom is 0.277 e. The third kappa shape index (κ3) is 3.99. The van der Waals surface area contributed by atoms with Gasteiger partial charge in [0.25, 0.3) is 5.22 Å². The molecular weight excluding hydrogens is 384 g/mol. The monoisotopic (exact) mass is 394 g/mol. The zero-order chi connectivity index (χ0) is 16.2. The summed E-state index contributed by atoms with van der Waals surface area (Å²) >= 11 is 4.58. The molecule has 0 unspecified atom stereocenters. The highest BCUT2D eigenvalue weighted by atomic mass is 79.9. The first-order valence-electron chi connectivity index (χ1n) is 6.56. The lowest BCUT2D eigenvalue weighted by Gasteiger charge is -1.98. The lowest BCUT2D eigenvalue weighted by Crippen LogP contribution is -2.14. The molecule has 2 aromatic heterocycles. The van der Waals surface area contributed by atoms with E-state index in [1.807, 2.05) is 24.3 Å². The fourth-order valence-electron chi connectivity index (χ4n) is 1.74. The topological polar surface area (TPSA) is 94.1 Å². The molecule has 0 fully saturated rings. The molecule has 0 aliphatic heterocycles. The van der Waals surface area contributed by atoms with Gasteiger partial charge < -0.3 is 14.3 Å². The molecule has 7 nitrogen and oxygen atoms in total. The molecule has 0 radical (unpaired) electrons. The van der Waals surface area contributed by atoms with Gasteiger partial charge in [0.1, 0.15) is 5.76 Å². The predicted octanol–water partition coefficient (Wildman–Crippen LogP) is 3.53. The van der Waals surface area contributed by atoms with Crippen LogP contribution >= 0.6 is 27.7 Å². The molecule has 9 heteroatoms. The first-order chi connectivity index (χ1) is 11.1. The van der Waals surface area contributed by atoms with Gasteiger partial charge in [0.15, 0.2) is 5.82 Å². The van der Waals surface area contributed by atoms with Gasteiger partial charge in [-0.05, 0) is 35.0 Å². The molecule has 3 aromatic rings. The molecule has 118 valence electrons. The van der Waals surface area contributed by atoms with Gasteiger partial charge in [-0.3, -0.25) is 4.79 Å². The average molecular weight is 395 g/mol. The van der Waals surface area contributed by atoms with Crippen molar-refractivity contribution in [2.75, 3.05) is 11.1 Å². The number of aryl methyl sites for hydroxylation is 1. The van der Waals surface area contributed by atoms with Crippen LogP contribution in [0.25, 0.3) is 11.5 Å². The number of anilines is 1. The number of nitrogens with zero attached hydrogens (tertiary/aromatic N) is 3. The number of amides is 1. The summed E-state index contributed by atoms with van der Waals surface area (Å²) in [7, 11) is 0. The molecule has 0 bridgehead atoms. The SMILES string of the molecule is Cc1cc(NC(=O)CSc2nnc(-c3ccccc3Br)o2)no1. The highest BCUT2D eigenvalue weighted by molar-refractivity contribution is 9.10. The van der Waals surface area contributed by atoms with Crippen LogP contribution in [0.2, 0.25) is 0 Å². The van der Waals surface area contributed by atoms with Crippen molar-refractivity contribution in [2.24, 2.45) is 0 Å². The van der Waals surface area contributed by atoms with Crippen molar-refractivity contribution in [3.8, 4) is 11.5 Å². The maximum atomic E-state index is 11.8. The van der Waals surface area contributed by atoms with Gasteiger partial charge in [-0.2, -0.15) is 0 Å². The molecule has 1 N–H and O–H groups in total. The number of carbonyl (C=O) groups is 1. The molecule has 0 saturated carbocycles. The Morgan fingerprint density at radius 2 is 2.17 bits per heavy atom. The van der Waals surface area contributed by atoms with Gasteiger partial charge in [-0.25, -0.2) is 0 Å². The van der Waals surface area contributed by atoms with Gasteiger partial charge in [0, 0.05) is 10.5 Å². The Bertz CT molecular complexity index is 833. The molecule has 0 saturated heterocycles. The number of thioether (sulfide) groups is 1. The molecule has 3 rings (SSSR count). The van der Waals surface area contributed by atoms with Crippen LogP contribution in [0.5, 0.6) is 0 Å². The van der Waals surface area contributed by atoms with E-state index >= 15 is 0 Å². The summed E-state index contributed by atoms with van der Waals surface area (Å²) in [5, 5.41) is 14.5. The Morgan fingerprint density at radius 3 is 2.91 bits per heavy atom. The second-order valence-electron chi connectivity index (χ2n) is 4.51. The Morgan fingerprint density at radius 1 is 1.35 bits per heavy atom. The van der Waals surface area contributed by atoms with Gasteiger partial charge in [-0.15, -0.1) is 10.2 Å². The summed E-state index contributed by atoms with van der Waals surface area (Å²) in [6.07, 6.45) is 0. The van der Waals surface area contributed by atoms with Crippen LogP contribution in [0.15, 0.2) is 49.0 Å². The first-order valence-corrected chi connectivity index (χ1v) is 8.34. The first kappa shape index (κ1) is 15.8. The summed E-state index contributed by atoms with van der Waals surface area (Å²) in [5.74, 6) is 1.30. The minimum atomic E-state index is -0.232. The minimum absolute atomic E-state index is 0.128. The van der Waals surface area contributed by atoms with Crippen LogP contribution in [-0.2, 0) is 4.79 Å². The molecule has 1 amide bonds. The van der Waals surface area contributed by atoms with Crippen molar-refractivity contribution in [1.29, 1.82) is 0 Å². The summed E-state index contributed by atoms with van der Waals surface area (Å²) < 4.78 is 11.3. The number of halogens is 1. The van der Waals surface area contributed by atoms with Crippen LogP contribution < -0.4 is 5.32 Å². The zero-order valence-corrected chi connectivity index (χ0v) is 14.3. The van der Waals surface area contributed by atoms with Crippen molar-refractivity contribution in [1.82, 2.24) is 15.4 Å². The smallest absolute Gasteiger partial charge is 0.277 e. The Hall–Kier alpha value is -2.13. The maximum absolute atomic E-state index is 11.8. The normalized spacial score (nSPS) is 10.7. The number of rotatable bonds is 5. The summed E-state index contributed by atoms with van der Waals surface area (Å²) in [4.78, 5) is 11.8. The average Bonchev–Trinajstić information content (AvgIpc) is 3.15. The number of nitrogens with one attached hydrogen (secondary N) is 1. The Balaban J connectivity index is 1.59. The third-order valence-electron chi connectivity index (χ3n) is 2.73. The lowest BCUT2D eigenvalue weighted by atomic mass is 10.2. The molecular formula is C14H11BrN4O3S. The van der Waals surface area contributed by atoms with E-state index in [0.29, 0.717) is 22.7 Å². The molecule has 0 atom stereocenters. The van der Waals surface area contributed by atoms with E-state index in [1.165, 1.54) is 0 Å². The molecule has 2 heterocycles. The molecule has 23 heavy (non-hydrogen) atoms. The van der Waals surface area contributed by atoms with E-state index in [2.05, 4.69) is 36.6 Å². The van der Waals surface area contributed by atoms with Crippen molar-refractivity contribution in [3.05, 3.63) is 40.6 Å². The van der Waals surface area contributed by atoms with Crippen molar-refractivity contribution in [2.45, 2.75) is 12.1 Å². The van der Waals surface area contributed by atoms with Gasteiger partial charge >= 0.3 is 0 Å². The van der Waals surface area contributed by atoms with E-state index in [0.717, 1.165) is 21.8 Å². The quantitative estimate of drug-likeness (QED) is 0.661. The van der Waals surface area contributed by atoms with Crippen molar-refractivity contribution in [3.63, 3.8) is 0 Å². The van der Waals surface area contributed by atoms with E-state index in [4.69, 9.17) is 8.94 Å². The zero-order valence-electron chi connectivity index (χ0n) is 11.9. The molecule has 0 spiro atoms. The van der Waals surface area contributed by atoms with E-state index < -0.39 is 0 Å². The summed E-state index contributed by atoms with van der Waals surface area (Å²) in [6.45, 7) is 1.75. The summed E-state index contributed by atoms with van der Waals surface area (Å²) in [6, 6.07) is 9.17. The number of hydrogen-bond donors (Lipinski definition) is 1. The van der Waals surface area contributed by atoms with Gasteiger partial charge in [0.2, 0.25) is 11.8 Å². The van der Waals surface area contributed by atoms with Gasteiger partial charge in [-0.1, -0.05) is 29.1 Å². The third-order valence-corrected chi connectivity index (χ3v) is 4.24. The molecule has 0 aliphatic rings. The highest BCUT2D eigenvalue weighted by Crippen LogP contribution is 2.28. The van der Waals surface area contributed by atoms with Crippen molar-refractivity contribution < 1.29 is 13.7 Å². The number of carbonyl (C=O) groups excluding carboxylic acids is 1. The summed E-state index contributed by atoms with van der Waals surface area (Å²) in [5.41, 5.74) is 0.800. The van der Waals surface area contributed by atoms with E-state index in [1.54, 1.807) is 13.0 Å². The lowest BCUT2D eigenvalue weighted by molar-refractivity contribution is -0.113. The van der Waals surface area contributed by atoms with Crippen LogP contribution in [0.4, 0.5) is 5.82 Å². The molecule has 1 aromatic carbocycles. The Labute approximate surface area is 144 Å². The second kappa shape index (κ2) is 6.97. The van der Waals surface area contributed by atoms with E-state index in [-0.39, 0.29) is 11.7 Å². The largest absolute Gasteiger partial charge is 0.411 e. The van der Waals surface area contributed by atoms with Gasteiger partial charge in [0.05, 0.1) is 11.3 Å². The predicted molar refractivity (Wildman–Crippen MR) is 88.0 cm³/mol. The minimum Gasteiger partial charge on any atom is -0.411 e. The number of aromatic nitrogens is 3. The van der Waals surface area contributed by atoms with E-state index in [9.17, 15) is 4.79 Å². The fraction of sp³-hybridized carbons (Fsp3) is 0.143. The number of benzene rings is 1. The van der Waals surface area contributed by atoms with Crippen LogP contribution in [0.3, 0.4) is 0 Å². The van der Waals surface area contributed by atoms with Crippen LogP contribution in [0.1, 0.15) is 5.76 Å². The highest BCUT2D eigenvalue weighted by Gasteiger charge is 2.13. The Kier molecular flexibility index (Phi) is 4.77. The second-order valence-corrected chi connectivity index (χ2v) is 6.29. The number of hydrogen-bond acceptors (Lipinski definition) is 7.